The Morgan fingerprint density at radius 1 is 0.875 bits per heavy atom. The van der Waals surface area contributed by atoms with E-state index in [0.29, 0.717) is 6.61 Å². The minimum Gasteiger partial charge on any atom is -0.461 e. The van der Waals surface area contributed by atoms with Gasteiger partial charge in [0.1, 0.15) is 6.61 Å². The van der Waals surface area contributed by atoms with Gasteiger partial charge in [0.25, 0.3) is 0 Å². The van der Waals surface area contributed by atoms with Crippen LogP contribution in [0.1, 0.15) is 20.8 Å². The first kappa shape index (κ1) is 16.3. The van der Waals surface area contributed by atoms with E-state index in [1.165, 1.54) is 33.4 Å². The fraction of sp³-hybridized carbons (Fsp3) is 0.182. The molecule has 0 aromatic heterocycles. The average Bonchev–Trinajstić information content (AvgIpc) is 2.83. The van der Waals surface area contributed by atoms with E-state index in [9.17, 15) is 4.79 Å². The van der Waals surface area contributed by atoms with E-state index < -0.39 is 0 Å². The van der Waals surface area contributed by atoms with Crippen LogP contribution in [0.15, 0.2) is 36.4 Å². The van der Waals surface area contributed by atoms with Gasteiger partial charge in [0.15, 0.2) is 0 Å². The number of esters is 1. The van der Waals surface area contributed by atoms with Crippen molar-refractivity contribution in [3.8, 4) is 0 Å². The van der Waals surface area contributed by atoms with Gasteiger partial charge in [-0.3, -0.25) is 4.79 Å². The van der Waals surface area contributed by atoms with Gasteiger partial charge in [-0.05, 0) is 37.2 Å². The summed E-state index contributed by atoms with van der Waals surface area (Å²) < 4.78 is 5.20. The van der Waals surface area contributed by atoms with Crippen LogP contribution in [0, 0.1) is 6.42 Å². The van der Waals surface area contributed by atoms with Crippen molar-refractivity contribution < 1.29 is 9.53 Å². The number of benzene rings is 2. The van der Waals surface area contributed by atoms with Crippen LogP contribution in [0.4, 0.5) is 0 Å². The van der Waals surface area contributed by atoms with Crippen LogP contribution in [0.3, 0.4) is 0 Å². The van der Waals surface area contributed by atoms with Crippen molar-refractivity contribution in [1.29, 1.82) is 0 Å². The molecular weight excluding hydrogens is 296 g/mol. The zero-order valence-corrected chi connectivity index (χ0v) is 14.3. The van der Waals surface area contributed by atoms with Crippen LogP contribution in [0.2, 0.25) is 0 Å². The van der Waals surface area contributed by atoms with Crippen LogP contribution >= 0.6 is 0 Å². The molecule has 24 heavy (non-hydrogen) atoms. The quantitative estimate of drug-likeness (QED) is 0.788. The SMILES string of the molecule is CC.CC(=O)OCC1=c2ccc3c4c(ccc(c24)=C[CH]1)=CC=CC=3. The van der Waals surface area contributed by atoms with Crippen molar-refractivity contribution in [2.24, 2.45) is 0 Å². The number of carbonyl (C=O) groups excluding carboxylic acids is 1. The lowest BCUT2D eigenvalue weighted by Gasteiger charge is -2.13. The van der Waals surface area contributed by atoms with Crippen molar-refractivity contribution in [2.75, 3.05) is 6.61 Å². The number of carbonyl (C=O) groups is 1. The molecule has 0 unspecified atom stereocenters. The average molecular weight is 317 g/mol. The third-order valence-electron chi connectivity index (χ3n) is 4.16. The highest BCUT2D eigenvalue weighted by atomic mass is 16.5. The summed E-state index contributed by atoms with van der Waals surface area (Å²) in [5.41, 5.74) is 1.05. The summed E-state index contributed by atoms with van der Waals surface area (Å²) >= 11 is 0. The Bertz CT molecular complexity index is 1050. The fourth-order valence-corrected chi connectivity index (χ4v) is 3.16. The van der Waals surface area contributed by atoms with Crippen LogP contribution < -0.4 is 20.9 Å². The van der Waals surface area contributed by atoms with E-state index >= 15 is 0 Å². The first-order valence-electron chi connectivity index (χ1n) is 8.36. The van der Waals surface area contributed by atoms with Gasteiger partial charge in [0, 0.05) is 13.3 Å². The van der Waals surface area contributed by atoms with Gasteiger partial charge in [-0.15, -0.1) is 0 Å². The third kappa shape index (κ3) is 2.80. The van der Waals surface area contributed by atoms with Crippen LogP contribution in [0.25, 0.3) is 34.6 Å². The fourth-order valence-electron chi connectivity index (χ4n) is 3.16. The molecule has 2 heteroatoms. The molecule has 0 heterocycles. The number of ether oxygens (including phenoxy) is 1. The predicted molar refractivity (Wildman–Crippen MR) is 101 cm³/mol. The van der Waals surface area contributed by atoms with Crippen LogP contribution in [0.5, 0.6) is 0 Å². The molecule has 0 aliphatic heterocycles. The van der Waals surface area contributed by atoms with E-state index in [1.54, 1.807) is 0 Å². The molecule has 0 amide bonds. The minimum absolute atomic E-state index is 0.253. The van der Waals surface area contributed by atoms with Crippen LogP contribution in [-0.4, -0.2) is 12.6 Å². The number of allylic oxidation sites excluding steroid dienone is 2. The summed E-state index contributed by atoms with van der Waals surface area (Å²) in [5, 5.41) is 7.33. The Balaban J connectivity index is 0.000000815. The molecule has 2 aromatic rings. The highest BCUT2D eigenvalue weighted by Crippen LogP contribution is 2.09. The maximum Gasteiger partial charge on any atom is 0.302 e. The molecule has 4 rings (SSSR count). The summed E-state index contributed by atoms with van der Waals surface area (Å²) in [5.74, 6) is -0.253. The minimum atomic E-state index is -0.253. The summed E-state index contributed by atoms with van der Waals surface area (Å²) in [6.45, 7) is 5.76. The second-order valence-electron chi connectivity index (χ2n) is 5.55. The first-order valence-corrected chi connectivity index (χ1v) is 8.36. The first-order chi connectivity index (χ1) is 11.7. The molecule has 121 valence electrons. The molecule has 0 fully saturated rings. The summed E-state index contributed by atoms with van der Waals surface area (Å²) in [6, 6.07) is 8.58. The van der Waals surface area contributed by atoms with Crippen molar-refractivity contribution in [3.05, 3.63) is 63.7 Å². The Morgan fingerprint density at radius 2 is 1.46 bits per heavy atom. The highest BCUT2D eigenvalue weighted by molar-refractivity contribution is 5.93. The Morgan fingerprint density at radius 3 is 2.08 bits per heavy atom. The molecule has 0 saturated carbocycles. The van der Waals surface area contributed by atoms with Gasteiger partial charge in [0.2, 0.25) is 0 Å². The third-order valence-corrected chi connectivity index (χ3v) is 4.16. The Kier molecular flexibility index (Phi) is 4.66. The van der Waals surface area contributed by atoms with Crippen molar-refractivity contribution in [2.45, 2.75) is 20.8 Å². The molecule has 2 aliphatic rings. The van der Waals surface area contributed by atoms with E-state index in [1.807, 2.05) is 20.3 Å². The molecule has 0 bridgehead atoms. The zero-order chi connectivity index (χ0) is 17.1. The molecule has 0 N–H and O–H groups in total. The molecule has 1 radical (unpaired) electrons. The number of rotatable bonds is 2. The maximum atomic E-state index is 11.1. The van der Waals surface area contributed by atoms with Gasteiger partial charge in [-0.1, -0.05) is 68.5 Å². The smallest absolute Gasteiger partial charge is 0.302 e. The lowest BCUT2D eigenvalue weighted by molar-refractivity contribution is -0.139. The normalized spacial score (nSPS) is 13.7. The van der Waals surface area contributed by atoms with E-state index in [-0.39, 0.29) is 5.97 Å². The Labute approximate surface area is 141 Å². The maximum absolute atomic E-state index is 11.1. The second-order valence-corrected chi connectivity index (χ2v) is 5.55. The molecule has 2 nitrogen and oxygen atoms in total. The predicted octanol–water partition coefficient (Wildman–Crippen LogP) is 1.71. The van der Waals surface area contributed by atoms with Gasteiger partial charge in [-0.2, -0.15) is 0 Å². The van der Waals surface area contributed by atoms with Gasteiger partial charge >= 0.3 is 5.97 Å². The molecule has 2 aliphatic carbocycles. The number of hydrogen-bond donors (Lipinski definition) is 0. The van der Waals surface area contributed by atoms with Gasteiger partial charge in [-0.25, -0.2) is 0 Å². The van der Waals surface area contributed by atoms with Crippen LogP contribution in [-0.2, 0) is 9.53 Å². The van der Waals surface area contributed by atoms with Crippen molar-refractivity contribution in [1.82, 2.24) is 0 Å². The summed E-state index contributed by atoms with van der Waals surface area (Å²) in [4.78, 5) is 11.1. The molecule has 0 saturated heterocycles. The van der Waals surface area contributed by atoms with Gasteiger partial charge in [0.05, 0.1) is 0 Å². The van der Waals surface area contributed by atoms with E-state index in [0.717, 1.165) is 10.8 Å². The second kappa shape index (κ2) is 6.88. The largest absolute Gasteiger partial charge is 0.461 e. The number of hydrogen-bond acceptors (Lipinski definition) is 2. The summed E-state index contributed by atoms with van der Waals surface area (Å²) in [7, 11) is 0. The standard InChI is InChI=1S/C20H15O2.C2H6/c1-13(21)22-12-17-9-8-16-7-6-14-4-2-3-5-15-10-11-18(17)20(16)19(14)15;1-2/h2-11H,12H2,1H3;1-2H3. The molecule has 0 spiro atoms. The van der Waals surface area contributed by atoms with E-state index in [2.05, 4.69) is 54.6 Å². The molecule has 2 aromatic carbocycles. The lowest BCUT2D eigenvalue weighted by atomic mass is 9.94. The van der Waals surface area contributed by atoms with Crippen molar-refractivity contribution >= 4 is 40.5 Å². The monoisotopic (exact) mass is 317 g/mol. The lowest BCUT2D eigenvalue weighted by Crippen LogP contribution is -2.29. The van der Waals surface area contributed by atoms with Crippen molar-refractivity contribution in [3.63, 3.8) is 0 Å². The Hall–Kier alpha value is -2.61. The molecule has 0 atom stereocenters. The summed E-state index contributed by atoms with van der Waals surface area (Å²) in [6.07, 6.45) is 12.6. The zero-order valence-electron chi connectivity index (χ0n) is 14.3. The van der Waals surface area contributed by atoms with E-state index in [4.69, 9.17) is 4.74 Å². The van der Waals surface area contributed by atoms with Gasteiger partial charge < -0.3 is 4.74 Å². The molecular formula is C22H21O2. The topological polar surface area (TPSA) is 26.3 Å². The highest BCUT2D eigenvalue weighted by Gasteiger charge is 2.11.